The number of nitrogens with zero attached hydrogens (tertiary/aromatic N) is 1. The molecule has 41 heavy (non-hydrogen) atoms. The highest BCUT2D eigenvalue weighted by molar-refractivity contribution is 6.31. The van der Waals surface area contributed by atoms with E-state index in [1.165, 1.54) is 18.2 Å². The molecule has 3 aliphatic rings. The number of ether oxygens (including phenoxy) is 1. The lowest BCUT2D eigenvalue weighted by Gasteiger charge is -2.37. The molecule has 0 saturated carbocycles. The van der Waals surface area contributed by atoms with Crippen molar-refractivity contribution < 1.29 is 23.1 Å². The number of halogens is 4. The molecule has 0 radical (unpaired) electrons. The molecule has 2 amide bonds. The van der Waals surface area contributed by atoms with Crippen LogP contribution in [0.2, 0.25) is 10.0 Å². The Hall–Kier alpha value is -2.30. The van der Waals surface area contributed by atoms with Crippen LogP contribution in [0.15, 0.2) is 30.3 Å². The number of anilines is 1. The van der Waals surface area contributed by atoms with Gasteiger partial charge in [0, 0.05) is 37.3 Å². The van der Waals surface area contributed by atoms with Gasteiger partial charge < -0.3 is 20.7 Å². The molecule has 2 saturated heterocycles. The van der Waals surface area contributed by atoms with Gasteiger partial charge in [0.05, 0.1) is 29.3 Å². The van der Waals surface area contributed by atoms with E-state index in [9.17, 15) is 9.59 Å². The summed E-state index contributed by atoms with van der Waals surface area (Å²) in [7, 11) is 0. The van der Waals surface area contributed by atoms with Gasteiger partial charge >= 0.3 is 0 Å². The SMILES string of the molecule is CC(C)(C)C[C@H]1N[C@@H](C(=O)NCCCN2CCOCC2)[C@H](c2cccc(Cl)c2F)[C@@]12C(=O)Nc1cc(Cl)c(F)cc12. The Kier molecular flexibility index (Phi) is 8.66. The Morgan fingerprint density at radius 1 is 1.17 bits per heavy atom. The molecule has 3 N–H and O–H groups in total. The monoisotopic (exact) mass is 608 g/mol. The molecule has 4 atom stereocenters. The van der Waals surface area contributed by atoms with Crippen LogP contribution in [0.5, 0.6) is 0 Å². The minimum Gasteiger partial charge on any atom is -0.379 e. The Morgan fingerprint density at radius 2 is 1.90 bits per heavy atom. The smallest absolute Gasteiger partial charge is 0.237 e. The third-order valence-corrected chi connectivity index (χ3v) is 8.94. The van der Waals surface area contributed by atoms with Crippen LogP contribution in [0.25, 0.3) is 0 Å². The van der Waals surface area contributed by atoms with Crippen molar-refractivity contribution in [2.75, 3.05) is 44.7 Å². The van der Waals surface area contributed by atoms with Gasteiger partial charge in [0.2, 0.25) is 11.8 Å². The summed E-state index contributed by atoms with van der Waals surface area (Å²) in [6.07, 6.45) is 1.17. The highest BCUT2D eigenvalue weighted by Crippen LogP contribution is 2.57. The Bertz CT molecular complexity index is 1330. The highest BCUT2D eigenvalue weighted by atomic mass is 35.5. The fourth-order valence-electron chi connectivity index (χ4n) is 6.61. The molecule has 7 nitrogen and oxygen atoms in total. The van der Waals surface area contributed by atoms with Gasteiger partial charge in [-0.3, -0.25) is 14.5 Å². The van der Waals surface area contributed by atoms with Crippen molar-refractivity contribution in [2.45, 2.75) is 57.0 Å². The van der Waals surface area contributed by atoms with Gasteiger partial charge in [0.1, 0.15) is 17.0 Å². The number of benzene rings is 2. The predicted molar refractivity (Wildman–Crippen MR) is 156 cm³/mol. The number of rotatable bonds is 7. The van der Waals surface area contributed by atoms with Gasteiger partial charge in [-0.1, -0.05) is 56.1 Å². The predicted octanol–water partition coefficient (Wildman–Crippen LogP) is 4.86. The van der Waals surface area contributed by atoms with Gasteiger partial charge in [-0.25, -0.2) is 8.78 Å². The number of hydrogen-bond acceptors (Lipinski definition) is 5. The molecule has 0 unspecified atom stereocenters. The van der Waals surface area contributed by atoms with Gasteiger partial charge in [-0.15, -0.1) is 0 Å². The molecule has 0 aliphatic carbocycles. The molecule has 222 valence electrons. The van der Waals surface area contributed by atoms with E-state index >= 15 is 8.78 Å². The molecule has 0 bridgehead atoms. The molecule has 5 rings (SSSR count). The first-order chi connectivity index (χ1) is 19.4. The zero-order valence-electron chi connectivity index (χ0n) is 23.5. The molecular weight excluding hydrogens is 573 g/mol. The average molecular weight is 610 g/mol. The van der Waals surface area contributed by atoms with Crippen LogP contribution in [0.3, 0.4) is 0 Å². The first kappa shape index (κ1) is 30.2. The maximum absolute atomic E-state index is 15.8. The van der Waals surface area contributed by atoms with Gasteiger partial charge in [0.15, 0.2) is 0 Å². The van der Waals surface area contributed by atoms with E-state index in [0.29, 0.717) is 37.4 Å². The second-order valence-electron chi connectivity index (χ2n) is 12.3. The third kappa shape index (κ3) is 5.71. The maximum Gasteiger partial charge on any atom is 0.237 e. The van der Waals surface area contributed by atoms with E-state index in [1.807, 2.05) is 20.8 Å². The first-order valence-electron chi connectivity index (χ1n) is 14.0. The van der Waals surface area contributed by atoms with E-state index < -0.39 is 41.0 Å². The molecule has 2 aromatic rings. The summed E-state index contributed by atoms with van der Waals surface area (Å²) in [5, 5.41) is 9.01. The van der Waals surface area contributed by atoms with E-state index in [1.54, 1.807) is 12.1 Å². The number of morpholine rings is 1. The summed E-state index contributed by atoms with van der Waals surface area (Å²) in [6.45, 7) is 10.4. The van der Waals surface area contributed by atoms with Crippen LogP contribution in [0, 0.1) is 17.0 Å². The lowest BCUT2D eigenvalue weighted by atomic mass is 9.62. The number of carbonyl (C=O) groups excluding carboxylic acids is 2. The van der Waals surface area contributed by atoms with E-state index in [4.69, 9.17) is 27.9 Å². The van der Waals surface area contributed by atoms with Crippen LogP contribution in [-0.2, 0) is 19.7 Å². The number of carbonyl (C=O) groups is 2. The van der Waals surface area contributed by atoms with E-state index in [0.717, 1.165) is 26.1 Å². The minimum atomic E-state index is -1.50. The molecule has 3 heterocycles. The molecule has 1 spiro atoms. The second kappa shape index (κ2) is 11.8. The van der Waals surface area contributed by atoms with Crippen molar-refractivity contribution in [1.29, 1.82) is 0 Å². The van der Waals surface area contributed by atoms with Crippen molar-refractivity contribution in [3.05, 3.63) is 63.1 Å². The standard InChI is InChI=1S/C30H36Cl2F2N4O3/c1-29(2,3)16-23-30(18-14-21(33)20(32)15-22(18)36-28(30)40)24(17-6-4-7-19(31)25(17)34)26(37-23)27(39)35-8-5-9-38-10-12-41-13-11-38/h4,6-7,14-15,23-24,26,37H,5,8-13,16H2,1-3H3,(H,35,39)(H,36,40)/t23-,24+,26-,30+/m1/s1. The van der Waals surface area contributed by atoms with Crippen LogP contribution >= 0.6 is 23.2 Å². The summed E-state index contributed by atoms with van der Waals surface area (Å²) in [4.78, 5) is 30.3. The average Bonchev–Trinajstić information content (AvgIpc) is 3.38. The third-order valence-electron chi connectivity index (χ3n) is 8.35. The van der Waals surface area contributed by atoms with Crippen molar-refractivity contribution >= 4 is 40.7 Å². The zero-order valence-corrected chi connectivity index (χ0v) is 25.0. The van der Waals surface area contributed by atoms with Crippen molar-refractivity contribution in [3.8, 4) is 0 Å². The van der Waals surface area contributed by atoms with Gasteiger partial charge in [-0.2, -0.15) is 0 Å². The molecule has 0 aromatic heterocycles. The molecule has 2 aromatic carbocycles. The fraction of sp³-hybridized carbons (Fsp3) is 0.533. The Balaban J connectivity index is 1.56. The number of fused-ring (bicyclic) bond motifs is 2. The summed E-state index contributed by atoms with van der Waals surface area (Å²) in [5.41, 5.74) is -0.984. The number of nitrogens with one attached hydrogen (secondary N) is 3. The maximum atomic E-state index is 15.8. The number of amides is 2. The van der Waals surface area contributed by atoms with Crippen LogP contribution < -0.4 is 16.0 Å². The summed E-state index contributed by atoms with van der Waals surface area (Å²) in [5.74, 6) is -3.23. The highest BCUT2D eigenvalue weighted by Gasteiger charge is 2.66. The molecule has 3 aliphatic heterocycles. The number of hydrogen-bond donors (Lipinski definition) is 3. The van der Waals surface area contributed by atoms with Gasteiger partial charge in [-0.05, 0) is 54.1 Å². The van der Waals surface area contributed by atoms with Crippen molar-refractivity contribution in [2.24, 2.45) is 5.41 Å². The quantitative estimate of drug-likeness (QED) is 0.391. The first-order valence-corrected chi connectivity index (χ1v) is 14.8. The Morgan fingerprint density at radius 3 is 2.61 bits per heavy atom. The summed E-state index contributed by atoms with van der Waals surface area (Å²) < 4.78 is 36.2. The van der Waals surface area contributed by atoms with E-state index in [2.05, 4.69) is 20.9 Å². The second-order valence-corrected chi connectivity index (χ2v) is 13.1. The molecular formula is C30H36Cl2F2N4O3. The van der Waals surface area contributed by atoms with E-state index in [-0.39, 0.29) is 26.9 Å². The minimum absolute atomic E-state index is 0.119. The Labute approximate surface area is 249 Å². The zero-order chi connectivity index (χ0) is 29.5. The van der Waals surface area contributed by atoms with Crippen molar-refractivity contribution in [3.63, 3.8) is 0 Å². The van der Waals surface area contributed by atoms with Crippen LogP contribution in [0.1, 0.15) is 50.7 Å². The summed E-state index contributed by atoms with van der Waals surface area (Å²) >= 11 is 12.3. The molecule has 11 heteroatoms. The lowest BCUT2D eigenvalue weighted by molar-refractivity contribution is -0.123. The topological polar surface area (TPSA) is 82.7 Å². The van der Waals surface area contributed by atoms with Crippen LogP contribution in [0.4, 0.5) is 14.5 Å². The molecule has 2 fully saturated rings. The van der Waals surface area contributed by atoms with Gasteiger partial charge in [0.25, 0.3) is 0 Å². The summed E-state index contributed by atoms with van der Waals surface area (Å²) in [6, 6.07) is 5.56. The fourth-order valence-corrected chi connectivity index (χ4v) is 6.96. The normalized spacial score (nSPS) is 26.3. The largest absolute Gasteiger partial charge is 0.379 e. The van der Waals surface area contributed by atoms with Crippen LogP contribution in [-0.4, -0.2) is 68.2 Å². The lowest BCUT2D eigenvalue weighted by Crippen LogP contribution is -2.49. The van der Waals surface area contributed by atoms with Crippen molar-refractivity contribution in [1.82, 2.24) is 15.5 Å².